The van der Waals surface area contributed by atoms with Crippen LogP contribution in [0.15, 0.2) is 18.2 Å². The van der Waals surface area contributed by atoms with E-state index in [1.54, 1.807) is 17.0 Å². The van der Waals surface area contributed by atoms with Crippen molar-refractivity contribution < 1.29 is 23.8 Å². The van der Waals surface area contributed by atoms with Crippen LogP contribution in [-0.4, -0.2) is 47.7 Å². The van der Waals surface area contributed by atoms with E-state index in [1.165, 1.54) is 6.07 Å². The highest BCUT2D eigenvalue weighted by molar-refractivity contribution is 6.31. The first-order valence-electron chi connectivity index (χ1n) is 7.53. The van der Waals surface area contributed by atoms with Gasteiger partial charge in [0.15, 0.2) is 0 Å². The summed E-state index contributed by atoms with van der Waals surface area (Å²) in [4.78, 5) is 24.9. The third kappa shape index (κ3) is 3.48. The Kier molecular flexibility index (Phi) is 4.55. The van der Waals surface area contributed by atoms with Crippen LogP contribution in [0, 0.1) is 11.7 Å². The van der Waals surface area contributed by atoms with E-state index in [4.69, 9.17) is 21.4 Å². The summed E-state index contributed by atoms with van der Waals surface area (Å²) in [5.41, 5.74) is 0.405. The second-order valence-electron chi connectivity index (χ2n) is 5.96. The maximum atomic E-state index is 13.9. The molecule has 1 saturated carbocycles. The third-order valence-corrected chi connectivity index (χ3v) is 4.66. The number of benzene rings is 1. The molecule has 1 aromatic carbocycles. The number of hydrogen-bond donors (Lipinski definition) is 1. The van der Waals surface area contributed by atoms with Gasteiger partial charge in [-0.25, -0.2) is 4.39 Å². The van der Waals surface area contributed by atoms with Gasteiger partial charge in [-0.05, 0) is 18.6 Å². The van der Waals surface area contributed by atoms with E-state index in [0.29, 0.717) is 30.2 Å². The van der Waals surface area contributed by atoms with E-state index in [2.05, 4.69) is 0 Å². The van der Waals surface area contributed by atoms with Crippen LogP contribution in [0.5, 0.6) is 0 Å². The summed E-state index contributed by atoms with van der Waals surface area (Å²) in [6.07, 6.45) is -0.0447. The van der Waals surface area contributed by atoms with Gasteiger partial charge in [-0.15, -0.1) is 0 Å². The Labute approximate surface area is 138 Å². The highest BCUT2D eigenvalue weighted by atomic mass is 35.5. The summed E-state index contributed by atoms with van der Waals surface area (Å²) in [5, 5.41) is 9.17. The molecule has 3 atom stereocenters. The normalized spacial score (nSPS) is 26.9. The van der Waals surface area contributed by atoms with Crippen molar-refractivity contribution in [3.8, 4) is 0 Å². The third-order valence-electron chi connectivity index (χ3n) is 4.33. The number of aliphatic carboxylic acids is 1. The molecule has 3 unspecified atom stereocenters. The van der Waals surface area contributed by atoms with Gasteiger partial charge in [-0.1, -0.05) is 17.7 Å². The fourth-order valence-corrected chi connectivity index (χ4v) is 3.43. The molecule has 0 spiro atoms. The first-order valence-corrected chi connectivity index (χ1v) is 7.91. The molecule has 23 heavy (non-hydrogen) atoms. The predicted octanol–water partition coefficient (Wildman–Crippen LogP) is 2.28. The molecule has 1 N–H and O–H groups in total. The number of amides is 1. The zero-order valence-electron chi connectivity index (χ0n) is 12.4. The number of carboxylic acids is 1. The van der Waals surface area contributed by atoms with E-state index in [0.717, 1.165) is 0 Å². The number of carbonyl (C=O) groups is 2. The molecule has 3 rings (SSSR count). The fourth-order valence-electron chi connectivity index (χ4n) is 3.12. The van der Waals surface area contributed by atoms with Gasteiger partial charge in [0.2, 0.25) is 5.91 Å². The average Bonchev–Trinajstić information content (AvgIpc) is 3.26. The number of halogens is 2. The van der Waals surface area contributed by atoms with Crippen LogP contribution in [0.3, 0.4) is 0 Å². The first kappa shape index (κ1) is 16.2. The number of rotatable bonds is 4. The first-order chi connectivity index (χ1) is 11.0. The molecule has 0 aromatic heterocycles. The Morgan fingerprint density at radius 1 is 1.43 bits per heavy atom. The molecule has 7 heteroatoms. The lowest BCUT2D eigenvalue weighted by molar-refractivity contribution is -0.148. The second kappa shape index (κ2) is 6.45. The Morgan fingerprint density at radius 3 is 2.91 bits per heavy atom. The van der Waals surface area contributed by atoms with E-state index in [-0.39, 0.29) is 36.5 Å². The van der Waals surface area contributed by atoms with Gasteiger partial charge in [0.25, 0.3) is 0 Å². The van der Waals surface area contributed by atoms with Gasteiger partial charge in [0.1, 0.15) is 5.82 Å². The Hall–Kier alpha value is -1.66. The molecule has 0 radical (unpaired) electrons. The standard InChI is InChI=1S/C16H17ClFNO4/c17-12-2-1-3-13(18)15(12)10-7-11(10)16(22)19-4-5-23-9(8-19)6-14(20)21/h1-3,9-11H,4-8H2,(H,20,21). The number of nitrogens with zero attached hydrogens (tertiary/aromatic N) is 1. The molecule has 1 amide bonds. The summed E-state index contributed by atoms with van der Waals surface area (Å²) in [5.74, 6) is -1.90. The van der Waals surface area contributed by atoms with Crippen LogP contribution in [0.25, 0.3) is 0 Å². The van der Waals surface area contributed by atoms with E-state index in [1.807, 2.05) is 0 Å². The van der Waals surface area contributed by atoms with Crippen LogP contribution in [0.2, 0.25) is 5.02 Å². The maximum absolute atomic E-state index is 13.9. The van der Waals surface area contributed by atoms with Crippen molar-refractivity contribution in [1.29, 1.82) is 0 Å². The SMILES string of the molecule is O=C(O)CC1CN(C(=O)C2CC2c2c(F)cccc2Cl)CCO1. The highest BCUT2D eigenvalue weighted by Crippen LogP contribution is 2.51. The van der Waals surface area contributed by atoms with Crippen molar-refractivity contribution in [3.05, 3.63) is 34.6 Å². The number of morpholine rings is 1. The predicted molar refractivity (Wildman–Crippen MR) is 80.8 cm³/mol. The molecule has 1 aliphatic carbocycles. The fraction of sp³-hybridized carbons (Fsp3) is 0.500. The number of carboxylic acid groups (broad SMARTS) is 1. The van der Waals surface area contributed by atoms with E-state index in [9.17, 15) is 14.0 Å². The Balaban J connectivity index is 1.65. The molecule has 1 heterocycles. The summed E-state index contributed by atoms with van der Waals surface area (Å²) in [6, 6.07) is 4.51. The summed E-state index contributed by atoms with van der Waals surface area (Å²) in [6.45, 7) is 1.02. The van der Waals surface area contributed by atoms with Crippen LogP contribution in [0.1, 0.15) is 24.3 Å². The summed E-state index contributed by atoms with van der Waals surface area (Å²) < 4.78 is 19.3. The van der Waals surface area contributed by atoms with Crippen LogP contribution >= 0.6 is 11.6 Å². The molecule has 1 aromatic rings. The smallest absolute Gasteiger partial charge is 0.306 e. The minimum atomic E-state index is -0.952. The number of ether oxygens (including phenoxy) is 1. The van der Waals surface area contributed by atoms with Crippen molar-refractivity contribution in [2.24, 2.45) is 5.92 Å². The second-order valence-corrected chi connectivity index (χ2v) is 6.37. The number of carbonyl (C=O) groups excluding carboxylic acids is 1. The van der Waals surface area contributed by atoms with Gasteiger partial charge in [0.05, 0.1) is 19.1 Å². The maximum Gasteiger partial charge on any atom is 0.306 e. The average molecular weight is 342 g/mol. The monoisotopic (exact) mass is 341 g/mol. The summed E-state index contributed by atoms with van der Waals surface area (Å²) in [7, 11) is 0. The molecule has 0 bridgehead atoms. The lowest BCUT2D eigenvalue weighted by Gasteiger charge is -2.32. The zero-order chi connectivity index (χ0) is 16.6. The Morgan fingerprint density at radius 2 is 2.22 bits per heavy atom. The lowest BCUT2D eigenvalue weighted by atomic mass is 10.1. The topological polar surface area (TPSA) is 66.8 Å². The van der Waals surface area contributed by atoms with Gasteiger partial charge in [0, 0.05) is 35.5 Å². The zero-order valence-corrected chi connectivity index (χ0v) is 13.1. The van der Waals surface area contributed by atoms with Gasteiger partial charge in [-0.2, -0.15) is 0 Å². The Bertz CT molecular complexity index is 618. The van der Waals surface area contributed by atoms with Crippen molar-refractivity contribution in [2.75, 3.05) is 19.7 Å². The minimum Gasteiger partial charge on any atom is -0.481 e. The molecule has 1 aliphatic heterocycles. The van der Waals surface area contributed by atoms with Crippen LogP contribution < -0.4 is 0 Å². The van der Waals surface area contributed by atoms with Crippen molar-refractivity contribution in [3.63, 3.8) is 0 Å². The van der Waals surface area contributed by atoms with Gasteiger partial charge >= 0.3 is 5.97 Å². The highest BCUT2D eigenvalue weighted by Gasteiger charge is 2.48. The van der Waals surface area contributed by atoms with Gasteiger partial charge in [-0.3, -0.25) is 9.59 Å². The number of hydrogen-bond acceptors (Lipinski definition) is 3. The molecule has 5 nitrogen and oxygen atoms in total. The molecule has 2 fully saturated rings. The largest absolute Gasteiger partial charge is 0.481 e. The molecule has 1 saturated heterocycles. The van der Waals surface area contributed by atoms with Crippen molar-refractivity contribution in [2.45, 2.75) is 24.9 Å². The van der Waals surface area contributed by atoms with Crippen LogP contribution in [-0.2, 0) is 14.3 Å². The van der Waals surface area contributed by atoms with Crippen molar-refractivity contribution >= 4 is 23.5 Å². The molecule has 2 aliphatic rings. The van der Waals surface area contributed by atoms with E-state index >= 15 is 0 Å². The van der Waals surface area contributed by atoms with Gasteiger partial charge < -0.3 is 14.7 Å². The lowest BCUT2D eigenvalue weighted by Crippen LogP contribution is -2.47. The molecule has 124 valence electrons. The van der Waals surface area contributed by atoms with Crippen LogP contribution in [0.4, 0.5) is 4.39 Å². The molecular weight excluding hydrogens is 325 g/mol. The van der Waals surface area contributed by atoms with E-state index < -0.39 is 12.1 Å². The summed E-state index contributed by atoms with van der Waals surface area (Å²) >= 11 is 6.05. The van der Waals surface area contributed by atoms with Crippen molar-refractivity contribution in [1.82, 2.24) is 4.90 Å². The molecular formula is C16H17ClFNO4. The quantitative estimate of drug-likeness (QED) is 0.912. The minimum absolute atomic E-state index is 0.0759.